The molecule has 0 saturated heterocycles. The van der Waals surface area contributed by atoms with E-state index in [-0.39, 0.29) is 18.7 Å². The average molecular weight is 198 g/mol. The van der Waals surface area contributed by atoms with Crippen LogP contribution in [-0.4, -0.2) is 9.72 Å². The van der Waals surface area contributed by atoms with Gasteiger partial charge in [0, 0.05) is 0 Å². The first kappa shape index (κ1) is 8.52. The molecule has 1 atom stereocenters. The standard InChI is InChI=1S/CHF3O2S.Zn/c2-1(3,4)7(5)6;/h(H,5,6);/q;+1/p-1. The first-order valence-corrected chi connectivity index (χ1v) is 3.68. The van der Waals surface area contributed by atoms with Crippen LogP contribution in [0, 0.1) is 0 Å². The number of hydrogen-bond donors (Lipinski definition) is 0. The Bertz CT molecular complexity index is 99.9. The predicted octanol–water partition coefficient (Wildman–Crippen LogP) is 0.648. The Labute approximate surface area is 56.1 Å². The van der Waals surface area contributed by atoms with Gasteiger partial charge in [0.1, 0.15) is 0 Å². The summed E-state index contributed by atoms with van der Waals surface area (Å²) < 4.78 is 46.3. The molecule has 0 heterocycles. The molecule has 0 rings (SSSR count). The summed E-state index contributed by atoms with van der Waals surface area (Å²) in [6.45, 7) is 0. The van der Waals surface area contributed by atoms with Gasteiger partial charge in [-0.25, -0.2) is 0 Å². The minimum absolute atomic E-state index is 0.0773. The molecule has 1 unspecified atom stereocenters. The normalized spacial score (nSPS) is 16.1. The van der Waals surface area contributed by atoms with Crippen LogP contribution in [-0.2, 0) is 32.8 Å². The summed E-state index contributed by atoms with van der Waals surface area (Å²) in [5.74, 6) is 0. The summed E-state index contributed by atoms with van der Waals surface area (Å²) in [7, 11) is 0. The molecule has 0 amide bonds. The summed E-state index contributed by atoms with van der Waals surface area (Å²) in [6.07, 6.45) is 0. The fourth-order valence-corrected chi connectivity index (χ4v) is 1.04. The van der Waals surface area contributed by atoms with Crippen LogP contribution in [0.15, 0.2) is 0 Å². The molecule has 0 aromatic rings. The Morgan fingerprint density at radius 1 is 1.50 bits per heavy atom. The van der Waals surface area contributed by atoms with Gasteiger partial charge in [0.2, 0.25) is 0 Å². The molecule has 0 aliphatic rings. The summed E-state index contributed by atoms with van der Waals surface area (Å²) in [5.41, 5.74) is -4.71. The van der Waals surface area contributed by atoms with Gasteiger partial charge in [-0.05, 0) is 0 Å². The molecular formula is CF3O2SZn. The molecule has 0 radical (unpaired) electrons. The van der Waals surface area contributed by atoms with Crippen molar-refractivity contribution in [1.29, 1.82) is 0 Å². The number of rotatable bonds is 1. The maximum atomic E-state index is 11.0. The van der Waals surface area contributed by atoms with Crippen molar-refractivity contribution in [3.05, 3.63) is 0 Å². The third-order valence-corrected chi connectivity index (χ3v) is 2.24. The van der Waals surface area contributed by atoms with E-state index in [0.29, 0.717) is 0 Å². The summed E-state index contributed by atoms with van der Waals surface area (Å²) in [6, 6.07) is 0. The van der Waals surface area contributed by atoms with E-state index in [1.165, 1.54) is 0 Å². The van der Waals surface area contributed by atoms with Crippen molar-refractivity contribution >= 4 is 11.1 Å². The predicted molar refractivity (Wildman–Crippen MR) is 15.3 cm³/mol. The molecule has 0 bridgehead atoms. The number of hydrogen-bond acceptors (Lipinski definition) is 2. The van der Waals surface area contributed by atoms with Gasteiger partial charge >= 0.3 is 55.6 Å². The van der Waals surface area contributed by atoms with Crippen LogP contribution < -0.4 is 0 Å². The van der Waals surface area contributed by atoms with Crippen molar-refractivity contribution < 1.29 is 39.1 Å². The average Bonchev–Trinajstić information content (AvgIpc) is 1.62. The Morgan fingerprint density at radius 3 is 1.88 bits per heavy atom. The van der Waals surface area contributed by atoms with E-state index < -0.39 is 16.6 Å². The SMILES string of the molecule is O=S([O][Zn])C(F)(F)F. The molecule has 0 spiro atoms. The topological polar surface area (TPSA) is 26.3 Å². The zero-order valence-corrected chi connectivity index (χ0v) is 7.35. The molecule has 0 aliphatic carbocycles. The zero-order valence-electron chi connectivity index (χ0n) is 3.57. The van der Waals surface area contributed by atoms with Gasteiger partial charge in [0.25, 0.3) is 0 Å². The molecule has 0 aliphatic heterocycles. The van der Waals surface area contributed by atoms with E-state index in [9.17, 15) is 17.4 Å². The van der Waals surface area contributed by atoms with E-state index in [0.717, 1.165) is 0 Å². The van der Waals surface area contributed by atoms with Gasteiger partial charge in [-0.2, -0.15) is 0 Å². The van der Waals surface area contributed by atoms with Crippen LogP contribution in [0.25, 0.3) is 0 Å². The van der Waals surface area contributed by atoms with Gasteiger partial charge in [-0.3, -0.25) is 0 Å². The van der Waals surface area contributed by atoms with E-state index >= 15 is 0 Å². The third kappa shape index (κ3) is 2.74. The van der Waals surface area contributed by atoms with E-state index in [1.54, 1.807) is 0 Å². The number of halogens is 3. The van der Waals surface area contributed by atoms with Gasteiger partial charge in [-0.1, -0.05) is 0 Å². The molecule has 2 nitrogen and oxygen atoms in total. The van der Waals surface area contributed by atoms with Crippen molar-refractivity contribution in [2.45, 2.75) is 5.51 Å². The molecule has 8 heavy (non-hydrogen) atoms. The molecule has 0 saturated carbocycles. The minimum atomic E-state index is -4.71. The molecule has 7 heteroatoms. The molecule has 0 aromatic carbocycles. The van der Waals surface area contributed by atoms with Gasteiger partial charge in [-0.15, -0.1) is 0 Å². The van der Waals surface area contributed by atoms with Crippen LogP contribution >= 0.6 is 0 Å². The van der Waals surface area contributed by atoms with Crippen LogP contribution in [0.3, 0.4) is 0 Å². The fraction of sp³-hybridized carbons (Fsp3) is 1.00. The van der Waals surface area contributed by atoms with E-state index in [4.69, 9.17) is 0 Å². The van der Waals surface area contributed by atoms with Crippen molar-refractivity contribution in [3.8, 4) is 0 Å². The summed E-state index contributed by atoms with van der Waals surface area (Å²) in [5, 5.41) is 0. The summed E-state index contributed by atoms with van der Waals surface area (Å²) in [4.78, 5) is 0. The van der Waals surface area contributed by atoms with Crippen molar-refractivity contribution in [2.24, 2.45) is 0 Å². The van der Waals surface area contributed by atoms with Crippen LogP contribution in [0.2, 0.25) is 0 Å². The fourth-order valence-electron chi connectivity index (χ4n) is 0.0668. The van der Waals surface area contributed by atoms with Gasteiger partial charge < -0.3 is 0 Å². The second kappa shape index (κ2) is 2.89. The maximum absolute atomic E-state index is 11.0. The van der Waals surface area contributed by atoms with Crippen LogP contribution in [0.5, 0.6) is 0 Å². The van der Waals surface area contributed by atoms with Crippen molar-refractivity contribution in [3.63, 3.8) is 0 Å². The first-order valence-electron chi connectivity index (χ1n) is 1.39. The second-order valence-electron chi connectivity index (χ2n) is 0.798. The zero-order chi connectivity index (χ0) is 6.78. The summed E-state index contributed by atoms with van der Waals surface area (Å²) >= 11 is -3.17. The number of alkyl halides is 3. The molecule has 0 N–H and O–H groups in total. The Balaban J connectivity index is 3.82. The molecule has 45 valence electrons. The molecular weight excluding hydrogens is 198 g/mol. The molecule has 0 aromatic heterocycles. The monoisotopic (exact) mass is 197 g/mol. The van der Waals surface area contributed by atoms with Gasteiger partial charge in [0.05, 0.1) is 0 Å². The third-order valence-electron chi connectivity index (χ3n) is 0.296. The Hall–Kier alpha value is 0.523. The van der Waals surface area contributed by atoms with E-state index in [2.05, 4.69) is 3.01 Å². The van der Waals surface area contributed by atoms with Crippen LogP contribution in [0.4, 0.5) is 13.2 Å². The van der Waals surface area contributed by atoms with Gasteiger partial charge in [0.15, 0.2) is 0 Å². The molecule has 0 fully saturated rings. The Morgan fingerprint density at radius 2 is 1.88 bits per heavy atom. The quantitative estimate of drug-likeness (QED) is 0.578. The second-order valence-corrected chi connectivity index (χ2v) is 3.45. The Kier molecular flexibility index (Phi) is 3.08. The van der Waals surface area contributed by atoms with Crippen molar-refractivity contribution in [2.75, 3.05) is 0 Å². The first-order chi connectivity index (χ1) is 3.48. The van der Waals surface area contributed by atoms with E-state index in [1.807, 2.05) is 0 Å². The van der Waals surface area contributed by atoms with Crippen LogP contribution in [0.1, 0.15) is 0 Å². The van der Waals surface area contributed by atoms with Crippen molar-refractivity contribution in [1.82, 2.24) is 0 Å².